The Kier molecular flexibility index (Phi) is 43.3. The first-order chi connectivity index (χ1) is 62.1. The molecule has 0 saturated carbocycles. The van der Waals surface area contributed by atoms with Crippen molar-refractivity contribution in [1.29, 1.82) is 0 Å². The predicted octanol–water partition coefficient (Wildman–Crippen LogP) is -1.19. The van der Waals surface area contributed by atoms with E-state index in [2.05, 4.69) is 89.7 Å². The van der Waals surface area contributed by atoms with Crippen LogP contribution in [-0.2, 0) is 104 Å². The molecule has 0 aliphatic carbocycles. The number of urea groups is 1. The molecule has 0 unspecified atom stereocenters. The van der Waals surface area contributed by atoms with Gasteiger partial charge in [-0.2, -0.15) is 35.3 Å². The van der Waals surface area contributed by atoms with E-state index in [1.165, 1.54) is 65.9 Å². The van der Waals surface area contributed by atoms with Crippen LogP contribution in [0.15, 0.2) is 128 Å². The van der Waals surface area contributed by atoms with Crippen molar-refractivity contribution in [3.63, 3.8) is 0 Å². The van der Waals surface area contributed by atoms with Gasteiger partial charge in [0, 0.05) is 68.8 Å². The molecule has 3 saturated heterocycles. The summed E-state index contributed by atoms with van der Waals surface area (Å²) in [6, 6.07) is 18.1. The summed E-state index contributed by atoms with van der Waals surface area (Å²) in [5.74, 6) is -9.35. The summed E-state index contributed by atoms with van der Waals surface area (Å²) in [6.07, 6.45) is 11.5. The number of likely N-dealkylation sites (tertiary alicyclic amines) is 1. The Bertz CT molecular complexity index is 4530. The van der Waals surface area contributed by atoms with E-state index >= 15 is 0 Å². The number of hydrogen-bond acceptors (Lipinski definition) is 23. The summed E-state index contributed by atoms with van der Waals surface area (Å²) in [4.78, 5) is 229. The van der Waals surface area contributed by atoms with Crippen LogP contribution in [-0.4, -0.2) is 267 Å². The highest BCUT2D eigenvalue weighted by molar-refractivity contribution is 8.00. The Morgan fingerprint density at radius 3 is 1.59 bits per heavy atom. The molecule has 3 aliphatic heterocycles. The maximum atomic E-state index is 15.0. The summed E-state index contributed by atoms with van der Waals surface area (Å²) in [5, 5.41) is 51.0. The number of aromatic nitrogens is 2. The first-order valence-corrected chi connectivity index (χ1v) is 47.3. The molecule has 5 aromatic rings. The lowest BCUT2D eigenvalue weighted by molar-refractivity contribution is -0.142. The smallest absolute Gasteiger partial charge is 0.315 e. The first kappa shape index (κ1) is 103. The van der Waals surface area contributed by atoms with Crippen molar-refractivity contribution in [3.8, 4) is 5.75 Å². The fourth-order valence-electron chi connectivity index (χ4n) is 14.9. The van der Waals surface area contributed by atoms with Crippen LogP contribution in [0.4, 0.5) is 4.79 Å². The average Bonchev–Trinajstić information content (AvgIpc) is 1.72. The van der Waals surface area contributed by atoms with Crippen molar-refractivity contribution in [1.82, 2.24) is 94.6 Å². The van der Waals surface area contributed by atoms with Crippen molar-refractivity contribution in [2.24, 2.45) is 17.2 Å². The number of phenols is 1. The normalized spacial score (nSPS) is 17.2. The number of primary amides is 1. The molecule has 129 heavy (non-hydrogen) atoms. The zero-order chi connectivity index (χ0) is 93.2. The van der Waals surface area contributed by atoms with Crippen LogP contribution in [0.2, 0.25) is 0 Å². The molecule has 38 nitrogen and oxygen atoms in total. The van der Waals surface area contributed by atoms with Crippen molar-refractivity contribution >= 4 is 130 Å². The van der Waals surface area contributed by atoms with Crippen LogP contribution < -0.4 is 97.0 Å². The number of amides is 17. The second-order valence-corrected chi connectivity index (χ2v) is 35.3. The summed E-state index contributed by atoms with van der Waals surface area (Å²) in [6.45, 7) is 0.0931. The zero-order valence-electron chi connectivity index (χ0n) is 72.8. The van der Waals surface area contributed by atoms with Gasteiger partial charge in [0.1, 0.15) is 66.2 Å². The minimum absolute atomic E-state index is 0.00473. The van der Waals surface area contributed by atoms with E-state index in [0.29, 0.717) is 91.3 Å². The van der Waals surface area contributed by atoms with Gasteiger partial charge >= 0.3 is 6.03 Å². The highest BCUT2D eigenvalue weighted by Gasteiger charge is 2.44. The zero-order valence-corrected chi connectivity index (χ0v) is 75.3. The molecule has 14 atom stereocenters. The van der Waals surface area contributed by atoms with Crippen molar-refractivity contribution in [3.05, 3.63) is 156 Å². The van der Waals surface area contributed by atoms with Crippen LogP contribution in [0.1, 0.15) is 125 Å². The molecule has 41 heteroatoms. The molecule has 8 rings (SSSR count). The lowest BCUT2D eigenvalue weighted by atomic mass is 10.0. The number of phenolic OH excluding ortho intramolecular Hbond substituents is 1. The number of hydrogen-bond donors (Lipinski definition) is 20. The highest BCUT2D eigenvalue weighted by atomic mass is 32.2. The third-order valence-electron chi connectivity index (χ3n) is 22.0. The highest BCUT2D eigenvalue weighted by Crippen LogP contribution is 2.33. The number of unbranched alkanes of at least 4 members (excludes halogenated alkanes) is 3. The number of imidazole rings is 1. The molecule has 700 valence electrons. The van der Waals surface area contributed by atoms with Gasteiger partial charge in [0.15, 0.2) is 0 Å². The van der Waals surface area contributed by atoms with E-state index in [1.54, 1.807) is 97.4 Å². The number of nitrogens with zero attached hydrogens (tertiary/aromatic N) is 2. The first-order valence-electron chi connectivity index (χ1n) is 43.5. The van der Waals surface area contributed by atoms with Gasteiger partial charge in [-0.15, -0.1) is 0 Å². The Hall–Kier alpha value is -11.8. The molecule has 23 N–H and O–H groups in total. The monoisotopic (exact) mass is 1840 g/mol. The van der Waals surface area contributed by atoms with E-state index in [1.807, 2.05) is 24.1 Å². The number of aromatic amines is 1. The molecule has 3 aliphatic rings. The molecule has 0 spiro atoms. The third-order valence-corrected chi connectivity index (χ3v) is 24.8. The molecule has 4 heterocycles. The number of carbonyl (C=O) groups excluding carboxylic acids is 16. The lowest BCUT2D eigenvalue weighted by Gasteiger charge is -2.31. The summed E-state index contributed by atoms with van der Waals surface area (Å²) < 4.78 is 0. The van der Waals surface area contributed by atoms with E-state index in [4.69, 9.17) is 17.2 Å². The second-order valence-electron chi connectivity index (χ2n) is 32.0. The predicted molar refractivity (Wildman–Crippen MR) is 488 cm³/mol. The van der Waals surface area contributed by atoms with Crippen LogP contribution in [0.5, 0.6) is 5.75 Å². The number of thioether (sulfide) groups is 3. The maximum absolute atomic E-state index is 15.0. The molecular weight excluding hydrogens is 1720 g/mol. The maximum Gasteiger partial charge on any atom is 0.315 e. The Balaban J connectivity index is 0.863. The van der Waals surface area contributed by atoms with E-state index in [-0.39, 0.29) is 106 Å². The third kappa shape index (κ3) is 35.3. The van der Waals surface area contributed by atoms with Crippen LogP contribution in [0.25, 0.3) is 0 Å². The number of rotatable bonds is 56. The van der Waals surface area contributed by atoms with E-state index in [0.717, 1.165) is 24.2 Å². The molecule has 0 radical (unpaired) electrons. The van der Waals surface area contributed by atoms with Gasteiger partial charge in [-0.3, -0.25) is 71.9 Å². The van der Waals surface area contributed by atoms with Gasteiger partial charge in [0.2, 0.25) is 88.6 Å². The van der Waals surface area contributed by atoms with Gasteiger partial charge in [-0.05, 0) is 149 Å². The second kappa shape index (κ2) is 54.5. The molecular formula is C88H123N21O17S3. The molecule has 1 aromatic heterocycles. The topological polar surface area (TPSA) is 584 Å². The van der Waals surface area contributed by atoms with Gasteiger partial charge in [-0.1, -0.05) is 110 Å². The summed E-state index contributed by atoms with van der Waals surface area (Å²) in [5.41, 5.74) is 20.4. The van der Waals surface area contributed by atoms with Gasteiger partial charge in [-0.25, -0.2) is 9.78 Å². The Labute approximate surface area is 762 Å². The Morgan fingerprint density at radius 2 is 1.02 bits per heavy atom. The number of carbonyl (C=O) groups is 16. The number of nitrogens with one attached hydrogen (secondary N) is 16. The SMILES string of the molecule is CSCC[C@H](NC(=O)[C@H](Cc1ccccc1)NC(=O)[C@H](C)NC(=O)[C@H](Cc1ccccc1)NC(=O)[C@@H]1CCCN1C(=O)[C@H](Cc1c[nH]cn1)NC(=O)[C@H](Cc1ccccc1)NC(=O)[C@@H](N)CCSC)C(=O)N[C@@H](Cc1ccc(O)cc1)C(=O)N[C@@H](CCCCN)C(=O)NCC(=O)NCC(=O)NCC(=O)N[C@@H](CCCCNC(=O)CCCC[C@@H]1SC[C@@H]2NC(=O)N[C@@H]21)C(N)=O. The number of benzene rings is 4. The van der Waals surface area contributed by atoms with Crippen molar-refractivity contribution in [2.45, 2.75) is 213 Å². The van der Waals surface area contributed by atoms with Crippen molar-refractivity contribution < 1.29 is 81.8 Å². The number of H-pyrrole nitrogens is 1. The fraction of sp³-hybridized carbons (Fsp3) is 0.511. The van der Waals surface area contributed by atoms with Gasteiger partial charge in [0.25, 0.3) is 0 Å². The Morgan fingerprint density at radius 1 is 0.512 bits per heavy atom. The van der Waals surface area contributed by atoms with Crippen LogP contribution >= 0.6 is 35.3 Å². The molecule has 0 bridgehead atoms. The lowest BCUT2D eigenvalue weighted by Crippen LogP contribution is -2.61. The number of nitrogens with two attached hydrogens (primary N) is 3. The quantitative estimate of drug-likeness (QED) is 0.0161. The summed E-state index contributed by atoms with van der Waals surface area (Å²) >= 11 is 4.67. The summed E-state index contributed by atoms with van der Waals surface area (Å²) in [7, 11) is 0. The van der Waals surface area contributed by atoms with E-state index in [9.17, 15) is 81.8 Å². The van der Waals surface area contributed by atoms with Gasteiger partial charge < -0.3 is 112 Å². The average molecular weight is 1840 g/mol. The van der Waals surface area contributed by atoms with Crippen LogP contribution in [0.3, 0.4) is 0 Å². The molecule has 17 amide bonds. The largest absolute Gasteiger partial charge is 0.508 e. The van der Waals surface area contributed by atoms with Crippen molar-refractivity contribution in [2.75, 3.05) is 69.0 Å². The van der Waals surface area contributed by atoms with E-state index < -0.39 is 169 Å². The molecule has 4 aromatic carbocycles. The standard InChI is InChI=1S/C88H123N21O17S3/c1-53(98-82(120)64(42-54-20-7-4-8-21-54)105-86(124)70-28-19-39-109(70)87(125)68(46-58-47-92-52-97-58)106-85(123)66(44-56-24-11-6-12-25-56)103-79(117)60(90)35-40-127-2)78(116)102-65(43-55-22-9-5-10-23-55)83(121)101-63(36-41-128-3)81(119)104-67(45-57-31-33-59(110)34-32-57)84(122)100-62(27-15-17-37-89)80(118)96-49-74(113)94-48-73(112)95-50-75(114)99-61(77(91)115)26-16-18-38-93-72(111)30-14-13-29-71-76-69(51-129-71)107-88(126)108-76/h4-12,20-25,31-34,47,52-53,60-71,76,110H,13-19,26-30,35-46,48-51,89-90H2,1-3H3,(H2,91,115)(H,92,97)(H,93,111)(H,94,113)(H,95,112)(H,96,118)(H,98,120)(H,99,114)(H,100,122)(H,101,121)(H,102,116)(H,103,117)(H,104,119)(H,105,124)(H,106,123)(H2,107,108,126)/t53-,60-,61-,62-,63-,64-,65-,66-,67-,68-,69-,70-,71-,76-/m0/s1. The number of aromatic hydroxyl groups is 1. The minimum atomic E-state index is -1.48. The fourth-order valence-corrected chi connectivity index (χ4v) is 17.4. The molecule has 3 fully saturated rings. The number of fused-ring (bicyclic) bond motifs is 1. The van der Waals surface area contributed by atoms with Gasteiger partial charge in [0.05, 0.1) is 49.8 Å². The van der Waals surface area contributed by atoms with Crippen LogP contribution in [0, 0.1) is 0 Å². The minimum Gasteiger partial charge on any atom is -0.508 e.